The van der Waals surface area contributed by atoms with E-state index in [2.05, 4.69) is 25.8 Å². The van der Waals surface area contributed by atoms with Crippen LogP contribution >= 0.6 is 0 Å². The van der Waals surface area contributed by atoms with Crippen molar-refractivity contribution in [1.82, 2.24) is 0 Å². The largest absolute Gasteiger partial charge is 0.387 e. The SMILES string of the molecule is CC(C)(C)N=C(N)C1CC2CCC1C2. The molecule has 2 fully saturated rings. The van der Waals surface area contributed by atoms with Gasteiger partial charge in [0.25, 0.3) is 0 Å². The smallest absolute Gasteiger partial charge is 0.0977 e. The molecule has 2 bridgehead atoms. The molecule has 0 aromatic carbocycles. The number of amidine groups is 1. The van der Waals surface area contributed by atoms with E-state index in [1.807, 2.05) is 0 Å². The summed E-state index contributed by atoms with van der Waals surface area (Å²) in [5.74, 6) is 3.34. The molecule has 0 aromatic heterocycles. The summed E-state index contributed by atoms with van der Waals surface area (Å²) in [5.41, 5.74) is 6.09. The molecule has 0 spiro atoms. The molecule has 2 rings (SSSR count). The lowest BCUT2D eigenvalue weighted by Crippen LogP contribution is -2.31. The molecular formula is C12H22N2. The summed E-state index contributed by atoms with van der Waals surface area (Å²) >= 11 is 0. The first-order chi connectivity index (χ1) is 6.46. The predicted octanol–water partition coefficient (Wildman–Crippen LogP) is 2.58. The van der Waals surface area contributed by atoms with Gasteiger partial charge in [-0.3, -0.25) is 4.99 Å². The number of fused-ring (bicyclic) bond motifs is 2. The summed E-state index contributed by atoms with van der Waals surface area (Å²) in [6.07, 6.45) is 5.53. The van der Waals surface area contributed by atoms with E-state index in [-0.39, 0.29) is 5.54 Å². The van der Waals surface area contributed by atoms with Gasteiger partial charge in [0.1, 0.15) is 0 Å². The van der Waals surface area contributed by atoms with Crippen molar-refractivity contribution < 1.29 is 0 Å². The molecule has 2 saturated carbocycles. The highest BCUT2D eigenvalue weighted by atomic mass is 14.9. The molecule has 0 radical (unpaired) electrons. The first kappa shape index (κ1) is 10.0. The topological polar surface area (TPSA) is 38.4 Å². The number of aliphatic imine (C=N–C) groups is 1. The van der Waals surface area contributed by atoms with Crippen LogP contribution < -0.4 is 5.73 Å². The third-order valence-corrected chi connectivity index (χ3v) is 3.58. The summed E-state index contributed by atoms with van der Waals surface area (Å²) in [4.78, 5) is 4.60. The maximum absolute atomic E-state index is 6.10. The Morgan fingerprint density at radius 3 is 2.36 bits per heavy atom. The Kier molecular flexibility index (Phi) is 2.32. The van der Waals surface area contributed by atoms with E-state index in [0.29, 0.717) is 5.92 Å². The second-order valence-electron chi connectivity index (χ2n) is 5.99. The predicted molar refractivity (Wildman–Crippen MR) is 60.3 cm³/mol. The van der Waals surface area contributed by atoms with Crippen molar-refractivity contribution in [2.75, 3.05) is 0 Å². The minimum atomic E-state index is -0.00802. The summed E-state index contributed by atoms with van der Waals surface area (Å²) in [6.45, 7) is 6.35. The van der Waals surface area contributed by atoms with Crippen LogP contribution in [0.5, 0.6) is 0 Å². The van der Waals surface area contributed by atoms with Crippen LogP contribution in [0.15, 0.2) is 4.99 Å². The van der Waals surface area contributed by atoms with Crippen molar-refractivity contribution in [3.63, 3.8) is 0 Å². The van der Waals surface area contributed by atoms with Crippen LogP contribution in [0.3, 0.4) is 0 Å². The number of nitrogens with zero attached hydrogens (tertiary/aromatic N) is 1. The highest BCUT2D eigenvalue weighted by Gasteiger charge is 2.41. The normalized spacial score (nSPS) is 37.9. The molecule has 2 N–H and O–H groups in total. The van der Waals surface area contributed by atoms with Gasteiger partial charge in [-0.1, -0.05) is 6.42 Å². The molecule has 2 nitrogen and oxygen atoms in total. The molecule has 3 atom stereocenters. The maximum atomic E-state index is 6.10. The number of rotatable bonds is 1. The molecule has 0 saturated heterocycles. The van der Waals surface area contributed by atoms with E-state index in [1.54, 1.807) is 0 Å². The molecular weight excluding hydrogens is 172 g/mol. The Morgan fingerprint density at radius 1 is 1.21 bits per heavy atom. The summed E-state index contributed by atoms with van der Waals surface area (Å²) in [6, 6.07) is 0. The van der Waals surface area contributed by atoms with Gasteiger partial charge >= 0.3 is 0 Å². The highest BCUT2D eigenvalue weighted by Crippen LogP contribution is 2.48. The Labute approximate surface area is 87.0 Å². The van der Waals surface area contributed by atoms with E-state index in [9.17, 15) is 0 Å². The lowest BCUT2D eigenvalue weighted by atomic mass is 9.88. The Morgan fingerprint density at radius 2 is 1.93 bits per heavy atom. The molecule has 0 aliphatic heterocycles. The molecule has 14 heavy (non-hydrogen) atoms. The van der Waals surface area contributed by atoms with Crippen molar-refractivity contribution >= 4 is 5.84 Å². The van der Waals surface area contributed by atoms with E-state index in [1.165, 1.54) is 25.7 Å². The minimum Gasteiger partial charge on any atom is -0.387 e. The zero-order valence-electron chi connectivity index (χ0n) is 9.59. The van der Waals surface area contributed by atoms with Crippen LogP contribution in [0.4, 0.5) is 0 Å². The van der Waals surface area contributed by atoms with Crippen LogP contribution in [0.2, 0.25) is 0 Å². The fourth-order valence-electron chi connectivity index (χ4n) is 3.08. The molecule has 2 heteroatoms. The molecule has 0 aromatic rings. The molecule has 2 aliphatic rings. The third kappa shape index (κ3) is 1.94. The standard InChI is InChI=1S/C12H22N2/c1-12(2,3)14-11(13)10-7-8-4-5-9(10)6-8/h8-10H,4-7H2,1-3H3,(H2,13,14). The van der Waals surface area contributed by atoms with Crippen molar-refractivity contribution in [2.45, 2.75) is 52.0 Å². The first-order valence-corrected chi connectivity index (χ1v) is 5.81. The Balaban J connectivity index is 2.06. The van der Waals surface area contributed by atoms with Gasteiger partial charge in [0.2, 0.25) is 0 Å². The summed E-state index contributed by atoms with van der Waals surface area (Å²) < 4.78 is 0. The maximum Gasteiger partial charge on any atom is 0.0977 e. The Hall–Kier alpha value is -0.530. The van der Waals surface area contributed by atoms with E-state index in [4.69, 9.17) is 5.73 Å². The van der Waals surface area contributed by atoms with Gasteiger partial charge < -0.3 is 5.73 Å². The Bertz CT molecular complexity index is 250. The second-order valence-corrected chi connectivity index (χ2v) is 5.99. The quantitative estimate of drug-likeness (QED) is 0.505. The lowest BCUT2D eigenvalue weighted by molar-refractivity contribution is 0.408. The van der Waals surface area contributed by atoms with Gasteiger partial charge in [-0.05, 0) is 51.9 Å². The third-order valence-electron chi connectivity index (χ3n) is 3.58. The zero-order chi connectivity index (χ0) is 10.3. The monoisotopic (exact) mass is 194 g/mol. The summed E-state index contributed by atoms with van der Waals surface area (Å²) in [7, 11) is 0. The zero-order valence-corrected chi connectivity index (χ0v) is 9.59. The number of nitrogens with two attached hydrogens (primary N) is 1. The average molecular weight is 194 g/mol. The lowest BCUT2D eigenvalue weighted by Gasteiger charge is -2.23. The van der Waals surface area contributed by atoms with Crippen LogP contribution in [-0.2, 0) is 0 Å². The molecule has 80 valence electrons. The molecule has 3 unspecified atom stereocenters. The number of hydrogen-bond donors (Lipinski definition) is 1. The van der Waals surface area contributed by atoms with Crippen molar-refractivity contribution in [1.29, 1.82) is 0 Å². The van der Waals surface area contributed by atoms with Crippen molar-refractivity contribution in [3.05, 3.63) is 0 Å². The van der Waals surface area contributed by atoms with Gasteiger partial charge in [0, 0.05) is 5.92 Å². The van der Waals surface area contributed by atoms with Crippen LogP contribution in [0, 0.1) is 17.8 Å². The van der Waals surface area contributed by atoms with Gasteiger partial charge in [-0.25, -0.2) is 0 Å². The van der Waals surface area contributed by atoms with Gasteiger partial charge in [-0.2, -0.15) is 0 Å². The van der Waals surface area contributed by atoms with Crippen LogP contribution in [0.1, 0.15) is 46.5 Å². The van der Waals surface area contributed by atoms with E-state index >= 15 is 0 Å². The fourth-order valence-corrected chi connectivity index (χ4v) is 3.08. The van der Waals surface area contributed by atoms with Gasteiger partial charge in [-0.15, -0.1) is 0 Å². The minimum absolute atomic E-state index is 0.00802. The van der Waals surface area contributed by atoms with Gasteiger partial charge in [0.15, 0.2) is 0 Å². The van der Waals surface area contributed by atoms with Crippen molar-refractivity contribution in [3.8, 4) is 0 Å². The van der Waals surface area contributed by atoms with Crippen LogP contribution in [0.25, 0.3) is 0 Å². The average Bonchev–Trinajstić information content (AvgIpc) is 2.59. The fraction of sp³-hybridized carbons (Fsp3) is 0.917. The van der Waals surface area contributed by atoms with Crippen molar-refractivity contribution in [2.24, 2.45) is 28.5 Å². The molecule has 2 aliphatic carbocycles. The molecule has 0 amide bonds. The van der Waals surface area contributed by atoms with E-state index < -0.39 is 0 Å². The van der Waals surface area contributed by atoms with Gasteiger partial charge in [0.05, 0.1) is 11.4 Å². The summed E-state index contributed by atoms with van der Waals surface area (Å²) in [5, 5.41) is 0. The van der Waals surface area contributed by atoms with E-state index in [0.717, 1.165) is 17.7 Å². The number of hydrogen-bond acceptors (Lipinski definition) is 1. The first-order valence-electron chi connectivity index (χ1n) is 5.81. The molecule has 0 heterocycles. The van der Waals surface area contributed by atoms with Crippen LogP contribution in [-0.4, -0.2) is 11.4 Å². The highest BCUT2D eigenvalue weighted by molar-refractivity contribution is 5.84. The second kappa shape index (κ2) is 3.25.